The summed E-state index contributed by atoms with van der Waals surface area (Å²) >= 11 is 1.35. The molecule has 2 amide bonds. The fraction of sp³-hybridized carbons (Fsp3) is 0.250. The van der Waals surface area contributed by atoms with E-state index in [1.54, 1.807) is 12.1 Å². The zero-order valence-electron chi connectivity index (χ0n) is 15.4. The first-order valence-electron chi connectivity index (χ1n) is 8.71. The molecule has 1 atom stereocenters. The largest absolute Gasteiger partial charge is 0.360 e. The van der Waals surface area contributed by atoms with E-state index in [4.69, 9.17) is 0 Å². The van der Waals surface area contributed by atoms with E-state index < -0.39 is 6.04 Å². The van der Waals surface area contributed by atoms with Gasteiger partial charge in [0.2, 0.25) is 5.91 Å². The van der Waals surface area contributed by atoms with Crippen molar-refractivity contribution in [1.29, 1.82) is 0 Å². The number of hydrogen-bond donors (Lipinski definition) is 3. The minimum atomic E-state index is -0.657. The minimum absolute atomic E-state index is 0.0680. The molecule has 3 N–H and O–H groups in total. The lowest BCUT2D eigenvalue weighted by molar-refractivity contribution is -0.118. The number of aromatic nitrogens is 2. The lowest BCUT2D eigenvalue weighted by Crippen LogP contribution is -2.47. The molecule has 0 unspecified atom stereocenters. The van der Waals surface area contributed by atoms with Crippen LogP contribution in [-0.4, -0.2) is 27.8 Å². The van der Waals surface area contributed by atoms with Crippen LogP contribution in [0, 0.1) is 12.8 Å². The number of anilines is 1. The maximum Gasteiger partial charge on any atom is 0.251 e. The maximum atomic E-state index is 12.7. The Morgan fingerprint density at radius 2 is 2.00 bits per heavy atom. The molecule has 0 saturated carbocycles. The number of nitrogens with one attached hydrogen (secondary N) is 3. The lowest BCUT2D eigenvalue weighted by Gasteiger charge is -2.21. The molecule has 140 valence electrons. The van der Waals surface area contributed by atoms with Gasteiger partial charge in [0.05, 0.1) is 11.4 Å². The highest BCUT2D eigenvalue weighted by Crippen LogP contribution is 2.23. The number of carbonyl (C=O) groups is 2. The molecule has 27 heavy (non-hydrogen) atoms. The van der Waals surface area contributed by atoms with Gasteiger partial charge < -0.3 is 15.6 Å². The summed E-state index contributed by atoms with van der Waals surface area (Å²) in [7, 11) is 0. The van der Waals surface area contributed by atoms with Crippen LogP contribution in [0.3, 0.4) is 0 Å². The second kappa shape index (κ2) is 8.18. The topological polar surface area (TPSA) is 86.9 Å². The molecule has 0 radical (unpaired) electrons. The minimum Gasteiger partial charge on any atom is -0.360 e. The summed E-state index contributed by atoms with van der Waals surface area (Å²) in [6, 6.07) is 10.4. The molecule has 2 heterocycles. The van der Waals surface area contributed by atoms with Gasteiger partial charge in [0.15, 0.2) is 5.13 Å². The van der Waals surface area contributed by atoms with E-state index in [0.717, 1.165) is 17.0 Å². The number of rotatable bonds is 6. The summed E-state index contributed by atoms with van der Waals surface area (Å²) in [5.41, 5.74) is 3.19. The van der Waals surface area contributed by atoms with E-state index >= 15 is 0 Å². The van der Waals surface area contributed by atoms with E-state index in [9.17, 15) is 9.59 Å². The number of nitrogens with zero attached hydrogens (tertiary/aromatic N) is 1. The molecule has 2 aromatic heterocycles. The first-order chi connectivity index (χ1) is 12.9. The Hall–Kier alpha value is -2.93. The molecule has 0 aliphatic heterocycles. The number of carbonyl (C=O) groups excluding carboxylic acids is 2. The van der Waals surface area contributed by atoms with Crippen LogP contribution in [0.2, 0.25) is 0 Å². The van der Waals surface area contributed by atoms with Crippen molar-refractivity contribution < 1.29 is 9.59 Å². The van der Waals surface area contributed by atoms with E-state index in [1.165, 1.54) is 11.3 Å². The second-order valence-corrected chi connectivity index (χ2v) is 7.53. The van der Waals surface area contributed by atoms with Crippen molar-refractivity contribution in [1.82, 2.24) is 15.3 Å². The molecule has 0 aliphatic carbocycles. The third-order valence-corrected chi connectivity index (χ3v) is 4.88. The third kappa shape index (κ3) is 4.62. The highest BCUT2D eigenvalue weighted by atomic mass is 32.1. The number of amides is 2. The monoisotopic (exact) mass is 382 g/mol. The number of benzene rings is 1. The van der Waals surface area contributed by atoms with Crippen LogP contribution in [0.4, 0.5) is 5.13 Å². The van der Waals surface area contributed by atoms with Gasteiger partial charge in [0, 0.05) is 17.1 Å². The fourth-order valence-corrected chi connectivity index (χ4v) is 3.39. The Morgan fingerprint density at radius 3 is 2.67 bits per heavy atom. The number of H-pyrrole nitrogens is 1. The number of thiazole rings is 1. The van der Waals surface area contributed by atoms with Crippen molar-refractivity contribution >= 4 is 28.3 Å². The molecule has 3 aromatic rings. The van der Waals surface area contributed by atoms with E-state index in [0.29, 0.717) is 10.7 Å². The molecule has 0 aliphatic rings. The van der Waals surface area contributed by atoms with E-state index in [2.05, 4.69) is 20.6 Å². The number of aromatic amines is 1. The maximum absolute atomic E-state index is 12.7. The van der Waals surface area contributed by atoms with Gasteiger partial charge in [-0.3, -0.25) is 9.59 Å². The van der Waals surface area contributed by atoms with Crippen LogP contribution in [0.15, 0.2) is 48.0 Å². The molecule has 0 spiro atoms. The van der Waals surface area contributed by atoms with Crippen molar-refractivity contribution in [2.75, 3.05) is 5.32 Å². The quantitative estimate of drug-likeness (QED) is 0.605. The molecule has 0 fully saturated rings. The fourth-order valence-electron chi connectivity index (χ4n) is 2.67. The molecule has 0 saturated heterocycles. The highest BCUT2D eigenvalue weighted by Gasteiger charge is 2.25. The molecular weight excluding hydrogens is 360 g/mol. The Bertz CT molecular complexity index is 931. The zero-order valence-corrected chi connectivity index (χ0v) is 16.3. The summed E-state index contributed by atoms with van der Waals surface area (Å²) in [4.78, 5) is 32.7. The van der Waals surface area contributed by atoms with E-state index in [-0.39, 0.29) is 17.7 Å². The first kappa shape index (κ1) is 18.8. The van der Waals surface area contributed by atoms with Gasteiger partial charge in [0.25, 0.3) is 5.91 Å². The SMILES string of the molecule is Cc1cccc(C(=O)N[C@H](C(=O)Nc2nc(-c3ccc[nH]3)cs2)C(C)C)c1. The molecule has 3 rings (SSSR count). The normalized spacial score (nSPS) is 12.0. The van der Waals surface area contributed by atoms with Crippen molar-refractivity contribution in [3.05, 3.63) is 59.1 Å². The summed E-state index contributed by atoms with van der Waals surface area (Å²) in [5, 5.41) is 8.02. The van der Waals surface area contributed by atoms with Crippen molar-refractivity contribution in [3.63, 3.8) is 0 Å². The van der Waals surface area contributed by atoms with Crippen LogP contribution < -0.4 is 10.6 Å². The van der Waals surface area contributed by atoms with Crippen LogP contribution in [0.5, 0.6) is 0 Å². The van der Waals surface area contributed by atoms with Crippen LogP contribution in [0.25, 0.3) is 11.4 Å². The van der Waals surface area contributed by atoms with Crippen molar-refractivity contribution in [2.24, 2.45) is 5.92 Å². The number of aryl methyl sites for hydroxylation is 1. The highest BCUT2D eigenvalue weighted by molar-refractivity contribution is 7.14. The van der Waals surface area contributed by atoms with Crippen LogP contribution in [-0.2, 0) is 4.79 Å². The third-order valence-electron chi connectivity index (χ3n) is 4.12. The van der Waals surface area contributed by atoms with Gasteiger partial charge in [-0.05, 0) is 37.1 Å². The first-order valence-corrected chi connectivity index (χ1v) is 9.59. The Morgan fingerprint density at radius 1 is 1.19 bits per heavy atom. The number of hydrogen-bond acceptors (Lipinski definition) is 4. The molecule has 0 bridgehead atoms. The van der Waals surface area contributed by atoms with Crippen molar-refractivity contribution in [3.8, 4) is 11.4 Å². The Balaban J connectivity index is 1.69. The molecule has 6 nitrogen and oxygen atoms in total. The second-order valence-electron chi connectivity index (χ2n) is 6.68. The average molecular weight is 382 g/mol. The van der Waals surface area contributed by atoms with Gasteiger partial charge in [0.1, 0.15) is 6.04 Å². The summed E-state index contributed by atoms with van der Waals surface area (Å²) in [6.45, 7) is 5.72. The van der Waals surface area contributed by atoms with Gasteiger partial charge in [-0.1, -0.05) is 31.5 Å². The van der Waals surface area contributed by atoms with Crippen LogP contribution in [0.1, 0.15) is 29.8 Å². The van der Waals surface area contributed by atoms with E-state index in [1.807, 2.05) is 56.6 Å². The van der Waals surface area contributed by atoms with Gasteiger partial charge >= 0.3 is 0 Å². The zero-order chi connectivity index (χ0) is 19.4. The summed E-state index contributed by atoms with van der Waals surface area (Å²) < 4.78 is 0. The standard InChI is InChI=1S/C20H22N4O2S/c1-12(2)17(23-18(25)14-7-4-6-13(3)10-14)19(26)24-20-22-16(11-27-20)15-8-5-9-21-15/h4-12,17,21H,1-3H3,(H,23,25)(H,22,24,26)/t17-/m0/s1. The van der Waals surface area contributed by atoms with Crippen molar-refractivity contribution in [2.45, 2.75) is 26.8 Å². The predicted molar refractivity (Wildman–Crippen MR) is 108 cm³/mol. The molecule has 7 heteroatoms. The predicted octanol–water partition coefficient (Wildman–Crippen LogP) is 3.84. The molecular formula is C20H22N4O2S. The van der Waals surface area contributed by atoms with Crippen LogP contribution >= 0.6 is 11.3 Å². The summed E-state index contributed by atoms with van der Waals surface area (Å²) in [5.74, 6) is -0.612. The molecule has 1 aromatic carbocycles. The Labute approximate surface area is 162 Å². The Kier molecular flexibility index (Phi) is 5.71. The summed E-state index contributed by atoms with van der Waals surface area (Å²) in [6.07, 6.45) is 1.82. The van der Waals surface area contributed by atoms with Gasteiger partial charge in [-0.2, -0.15) is 0 Å². The average Bonchev–Trinajstić information content (AvgIpc) is 3.30. The smallest absolute Gasteiger partial charge is 0.251 e. The lowest BCUT2D eigenvalue weighted by atomic mass is 10.0. The van der Waals surface area contributed by atoms with Gasteiger partial charge in [-0.25, -0.2) is 4.98 Å². The van der Waals surface area contributed by atoms with Gasteiger partial charge in [-0.15, -0.1) is 11.3 Å².